The molecule has 4 rings (SSSR count). The number of aryl methyl sites for hydroxylation is 1. The van der Waals surface area contributed by atoms with Crippen LogP contribution in [0.3, 0.4) is 0 Å². The number of nitrogens with zero attached hydrogens (tertiary/aromatic N) is 2. The number of hydrogen-bond donors (Lipinski definition) is 0. The number of ether oxygens (including phenoxy) is 3. The van der Waals surface area contributed by atoms with E-state index in [9.17, 15) is 19.2 Å². The van der Waals surface area contributed by atoms with Crippen molar-refractivity contribution in [3.63, 3.8) is 0 Å². The highest BCUT2D eigenvalue weighted by Crippen LogP contribution is 2.33. The summed E-state index contributed by atoms with van der Waals surface area (Å²) in [6, 6.07) is 12.5. The van der Waals surface area contributed by atoms with Crippen molar-refractivity contribution in [2.24, 2.45) is 5.92 Å². The van der Waals surface area contributed by atoms with Crippen molar-refractivity contribution in [2.75, 3.05) is 44.4 Å². The van der Waals surface area contributed by atoms with Crippen LogP contribution in [0, 0.1) is 5.92 Å². The minimum Gasteiger partial charge on any atom is -0.485 e. The minimum atomic E-state index is -0.361. The Balaban J connectivity index is 1.39. The van der Waals surface area contributed by atoms with Gasteiger partial charge < -0.3 is 19.1 Å². The number of fused-ring (bicyclic) bond motifs is 1. The first-order valence-electron chi connectivity index (χ1n) is 13.2. The van der Waals surface area contributed by atoms with Gasteiger partial charge in [0.15, 0.2) is 19.0 Å². The Kier molecular flexibility index (Phi) is 8.99. The number of anilines is 1. The molecule has 0 radical (unpaired) electrons. The van der Waals surface area contributed by atoms with Gasteiger partial charge in [0.25, 0.3) is 5.91 Å². The molecule has 9 nitrogen and oxygen atoms in total. The molecule has 2 heterocycles. The lowest BCUT2D eigenvalue weighted by Gasteiger charge is -2.34. The predicted octanol–water partition coefficient (Wildman–Crippen LogP) is 3.43. The van der Waals surface area contributed by atoms with Crippen LogP contribution in [0.1, 0.15) is 49.0 Å². The minimum absolute atomic E-state index is 0.158. The van der Waals surface area contributed by atoms with Gasteiger partial charge in [0.05, 0.1) is 18.2 Å². The van der Waals surface area contributed by atoms with Gasteiger partial charge in [-0.3, -0.25) is 24.1 Å². The number of Topliss-reactive ketones (excluding diaryl/α,β-unsaturated/α-hetero) is 1. The van der Waals surface area contributed by atoms with Gasteiger partial charge >= 0.3 is 5.97 Å². The third-order valence-electron chi connectivity index (χ3n) is 6.82. The smallest absolute Gasteiger partial charge is 0.309 e. The topological polar surface area (TPSA) is 102 Å². The quantitative estimate of drug-likeness (QED) is 0.348. The maximum atomic E-state index is 13.1. The lowest BCUT2D eigenvalue weighted by atomic mass is 9.97. The molecule has 1 fully saturated rings. The van der Waals surface area contributed by atoms with Crippen molar-refractivity contribution >= 4 is 29.3 Å². The van der Waals surface area contributed by atoms with E-state index in [4.69, 9.17) is 14.2 Å². The number of ketones is 1. The average Bonchev–Trinajstić information content (AvgIpc) is 2.94. The summed E-state index contributed by atoms with van der Waals surface area (Å²) in [5, 5.41) is 0. The molecule has 2 aromatic rings. The third kappa shape index (κ3) is 6.51. The average molecular weight is 523 g/mol. The highest BCUT2D eigenvalue weighted by molar-refractivity contribution is 6.04. The van der Waals surface area contributed by atoms with E-state index in [0.29, 0.717) is 55.3 Å². The van der Waals surface area contributed by atoms with Crippen LogP contribution in [0.15, 0.2) is 42.5 Å². The zero-order valence-electron chi connectivity index (χ0n) is 21.9. The first-order valence-corrected chi connectivity index (χ1v) is 13.2. The monoisotopic (exact) mass is 522 g/mol. The Labute approximate surface area is 222 Å². The van der Waals surface area contributed by atoms with E-state index in [-0.39, 0.29) is 49.2 Å². The van der Waals surface area contributed by atoms with Gasteiger partial charge in [0.1, 0.15) is 18.0 Å². The Morgan fingerprint density at radius 2 is 1.76 bits per heavy atom. The number of hydrogen-bond acceptors (Lipinski definition) is 7. The Hall–Kier alpha value is -3.88. The summed E-state index contributed by atoms with van der Waals surface area (Å²) in [7, 11) is 0. The zero-order chi connectivity index (χ0) is 27.1. The number of esters is 1. The predicted molar refractivity (Wildman–Crippen MR) is 140 cm³/mol. The molecule has 0 bridgehead atoms. The molecule has 0 atom stereocenters. The molecular formula is C29H34N2O7. The molecule has 202 valence electrons. The molecule has 38 heavy (non-hydrogen) atoms. The molecule has 2 aliphatic rings. The summed E-state index contributed by atoms with van der Waals surface area (Å²) >= 11 is 0. The standard InChI is InChI=1S/C29H34N2O7/c1-3-5-20-6-9-23(10-7-20)37-18-25(32)22-8-11-26-24(16-22)31(28(34)19-38-26)17-27(33)30-14-12-21(13-15-30)29(35)36-4-2/h6-11,16,21H,3-5,12-15,17-19H2,1-2H3. The van der Waals surface area contributed by atoms with Crippen molar-refractivity contribution in [3.8, 4) is 11.5 Å². The van der Waals surface area contributed by atoms with Crippen LogP contribution in [-0.2, 0) is 25.5 Å². The fourth-order valence-corrected chi connectivity index (χ4v) is 4.68. The highest BCUT2D eigenvalue weighted by Gasteiger charge is 2.32. The summed E-state index contributed by atoms with van der Waals surface area (Å²) in [6.07, 6.45) is 3.09. The van der Waals surface area contributed by atoms with Crippen molar-refractivity contribution in [1.82, 2.24) is 4.90 Å². The molecule has 0 saturated carbocycles. The van der Waals surface area contributed by atoms with E-state index < -0.39 is 0 Å². The van der Waals surface area contributed by atoms with E-state index >= 15 is 0 Å². The molecule has 1 saturated heterocycles. The van der Waals surface area contributed by atoms with Gasteiger partial charge in [-0.1, -0.05) is 25.5 Å². The first kappa shape index (κ1) is 27.2. The van der Waals surface area contributed by atoms with Crippen molar-refractivity contribution in [1.29, 1.82) is 0 Å². The van der Waals surface area contributed by atoms with Gasteiger partial charge in [0.2, 0.25) is 5.91 Å². The van der Waals surface area contributed by atoms with Crippen molar-refractivity contribution in [2.45, 2.75) is 39.5 Å². The van der Waals surface area contributed by atoms with Gasteiger partial charge in [-0.25, -0.2) is 0 Å². The summed E-state index contributed by atoms with van der Waals surface area (Å²) in [5.74, 6) is -0.242. The summed E-state index contributed by atoms with van der Waals surface area (Å²) in [4.78, 5) is 53.7. The second-order valence-electron chi connectivity index (χ2n) is 9.46. The number of amides is 2. The van der Waals surface area contributed by atoms with Crippen LogP contribution in [0.4, 0.5) is 5.69 Å². The van der Waals surface area contributed by atoms with Crippen LogP contribution in [-0.4, -0.2) is 67.9 Å². The lowest BCUT2D eigenvalue weighted by molar-refractivity contribution is -0.151. The zero-order valence-corrected chi connectivity index (χ0v) is 21.9. The molecule has 2 aromatic carbocycles. The second kappa shape index (κ2) is 12.6. The third-order valence-corrected chi connectivity index (χ3v) is 6.82. The fraction of sp³-hybridized carbons (Fsp3) is 0.448. The van der Waals surface area contributed by atoms with Crippen LogP contribution in [0.2, 0.25) is 0 Å². The maximum Gasteiger partial charge on any atom is 0.309 e. The fourth-order valence-electron chi connectivity index (χ4n) is 4.68. The van der Waals surface area contributed by atoms with Crippen molar-refractivity contribution in [3.05, 3.63) is 53.6 Å². The molecule has 2 aliphatic heterocycles. The summed E-state index contributed by atoms with van der Waals surface area (Å²) < 4.78 is 16.3. The van der Waals surface area contributed by atoms with Crippen LogP contribution >= 0.6 is 0 Å². The lowest BCUT2D eigenvalue weighted by Crippen LogP contribution is -2.49. The Bertz CT molecular complexity index is 1170. The molecular weight excluding hydrogens is 488 g/mol. The Morgan fingerprint density at radius 3 is 2.45 bits per heavy atom. The molecule has 9 heteroatoms. The highest BCUT2D eigenvalue weighted by atomic mass is 16.5. The second-order valence-corrected chi connectivity index (χ2v) is 9.46. The van der Waals surface area contributed by atoms with Gasteiger partial charge in [0, 0.05) is 18.7 Å². The van der Waals surface area contributed by atoms with Crippen LogP contribution < -0.4 is 14.4 Å². The first-order chi connectivity index (χ1) is 18.4. The summed E-state index contributed by atoms with van der Waals surface area (Å²) in [5.41, 5.74) is 1.95. The normalized spacial score (nSPS) is 15.5. The molecule has 0 aromatic heterocycles. The van der Waals surface area contributed by atoms with E-state index in [1.807, 2.05) is 24.3 Å². The number of carbonyl (C=O) groups is 4. The number of carbonyl (C=O) groups excluding carboxylic acids is 4. The molecule has 2 amide bonds. The number of piperidine rings is 1. The molecule has 0 unspecified atom stereocenters. The maximum absolute atomic E-state index is 13.1. The number of benzene rings is 2. The molecule has 0 spiro atoms. The van der Waals surface area contributed by atoms with Crippen molar-refractivity contribution < 1.29 is 33.4 Å². The van der Waals surface area contributed by atoms with Crippen LogP contribution in [0.5, 0.6) is 11.5 Å². The largest absolute Gasteiger partial charge is 0.485 e. The van der Waals surface area contributed by atoms with Gasteiger partial charge in [-0.15, -0.1) is 0 Å². The number of likely N-dealkylation sites (tertiary alicyclic amines) is 1. The van der Waals surface area contributed by atoms with E-state index in [1.54, 1.807) is 30.0 Å². The summed E-state index contributed by atoms with van der Waals surface area (Å²) in [6.45, 7) is 4.55. The SMILES string of the molecule is CCCc1ccc(OCC(=O)c2ccc3c(c2)N(CC(=O)N2CCC(C(=O)OCC)CC2)C(=O)CO3)cc1. The Morgan fingerprint density at radius 1 is 1.03 bits per heavy atom. The van der Waals surface area contributed by atoms with Gasteiger partial charge in [-0.2, -0.15) is 0 Å². The van der Waals surface area contributed by atoms with E-state index in [0.717, 1.165) is 12.8 Å². The molecule has 0 aliphatic carbocycles. The van der Waals surface area contributed by atoms with E-state index in [1.165, 1.54) is 10.5 Å². The van der Waals surface area contributed by atoms with Gasteiger partial charge in [-0.05, 0) is 62.1 Å². The molecule has 0 N–H and O–H groups in total. The van der Waals surface area contributed by atoms with Crippen LogP contribution in [0.25, 0.3) is 0 Å². The van der Waals surface area contributed by atoms with E-state index in [2.05, 4.69) is 6.92 Å². The number of rotatable bonds is 10.